The minimum Gasteiger partial charge on any atom is -0.352 e. The molecule has 0 aromatic heterocycles. The van der Waals surface area contributed by atoms with E-state index in [1.54, 1.807) is 0 Å². The van der Waals surface area contributed by atoms with Crippen molar-refractivity contribution in [2.75, 3.05) is 0 Å². The lowest BCUT2D eigenvalue weighted by Crippen LogP contribution is -2.50. The van der Waals surface area contributed by atoms with E-state index in [0.29, 0.717) is 6.42 Å². The molecule has 7 N–H and O–H groups in total. The van der Waals surface area contributed by atoms with Crippen LogP contribution in [0.3, 0.4) is 0 Å². The Hall–Kier alpha value is -0.810. The van der Waals surface area contributed by atoms with Crippen molar-refractivity contribution in [1.29, 1.82) is 0 Å². The van der Waals surface area contributed by atoms with Crippen LogP contribution in [0.4, 0.5) is 4.79 Å². The van der Waals surface area contributed by atoms with Gasteiger partial charge in [0.05, 0.1) is 6.17 Å². The lowest BCUT2D eigenvalue weighted by molar-refractivity contribution is 0.242. The maximum absolute atomic E-state index is 10.3. The van der Waals surface area contributed by atoms with Crippen molar-refractivity contribution in [2.24, 2.45) is 17.2 Å². The molecular weight excluding hydrogens is 144 g/mol. The largest absolute Gasteiger partial charge is 0.352 e. The first-order valence-electron chi connectivity index (χ1n) is 3.42. The van der Waals surface area contributed by atoms with Gasteiger partial charge >= 0.3 is 6.03 Å². The van der Waals surface area contributed by atoms with Crippen LogP contribution >= 0.6 is 0 Å². The van der Waals surface area contributed by atoms with Crippen LogP contribution in [0, 0.1) is 0 Å². The molecule has 0 fully saturated rings. The number of carbonyl (C=O) groups is 1. The van der Waals surface area contributed by atoms with Crippen LogP contribution in [-0.4, -0.2) is 17.7 Å². The van der Waals surface area contributed by atoms with Gasteiger partial charge in [0.1, 0.15) is 0 Å². The van der Waals surface area contributed by atoms with E-state index in [4.69, 9.17) is 17.2 Å². The van der Waals surface area contributed by atoms with Crippen LogP contribution in [0.2, 0.25) is 0 Å². The molecule has 0 aromatic rings. The lowest BCUT2D eigenvalue weighted by atomic mass is 10.0. The maximum Gasteiger partial charge on any atom is 0.313 e. The second-order valence-corrected chi connectivity index (χ2v) is 3.31. The molecule has 0 aromatic carbocycles. The molecule has 2 amide bonds. The molecule has 5 heteroatoms. The zero-order chi connectivity index (χ0) is 9.07. The monoisotopic (exact) mass is 160 g/mol. The molecule has 0 aliphatic rings. The Kier molecular flexibility index (Phi) is 3.28. The molecular formula is C6H16N4O. The Labute approximate surface area is 66.3 Å². The molecule has 0 saturated carbocycles. The minimum absolute atomic E-state index is 0.387. The molecule has 1 unspecified atom stereocenters. The van der Waals surface area contributed by atoms with Gasteiger partial charge in [-0.25, -0.2) is 4.79 Å². The number of nitrogens with one attached hydrogen (secondary N) is 1. The standard InChI is InChI=1S/C6H16N4O/c1-6(2,9)3-4(7)10-5(8)11/h4H,3,7,9H2,1-2H3,(H3,8,10,11). The first-order valence-corrected chi connectivity index (χ1v) is 3.42. The molecule has 0 rings (SSSR count). The second kappa shape index (κ2) is 3.54. The van der Waals surface area contributed by atoms with Gasteiger partial charge in [0.25, 0.3) is 0 Å². The molecule has 0 saturated heterocycles. The SMILES string of the molecule is CC(C)(N)CC(N)NC(N)=O. The Morgan fingerprint density at radius 2 is 2.09 bits per heavy atom. The quantitative estimate of drug-likeness (QED) is 0.400. The van der Waals surface area contributed by atoms with E-state index in [0.717, 1.165) is 0 Å². The fourth-order valence-electron chi connectivity index (χ4n) is 0.801. The highest BCUT2D eigenvalue weighted by Gasteiger charge is 2.16. The smallest absolute Gasteiger partial charge is 0.313 e. The summed E-state index contributed by atoms with van der Waals surface area (Å²) in [5.74, 6) is 0. The highest BCUT2D eigenvalue weighted by molar-refractivity contribution is 5.71. The predicted octanol–water partition coefficient (Wildman–Crippen LogP) is -0.933. The average Bonchev–Trinajstić information content (AvgIpc) is 1.53. The van der Waals surface area contributed by atoms with Gasteiger partial charge in [0, 0.05) is 5.54 Å². The average molecular weight is 160 g/mol. The second-order valence-electron chi connectivity index (χ2n) is 3.31. The summed E-state index contributed by atoms with van der Waals surface area (Å²) in [6, 6.07) is -0.623. The van der Waals surface area contributed by atoms with Gasteiger partial charge in [-0.15, -0.1) is 0 Å². The summed E-state index contributed by atoms with van der Waals surface area (Å²) in [6.45, 7) is 3.66. The molecule has 0 spiro atoms. The molecule has 1 atom stereocenters. The molecule has 0 aliphatic carbocycles. The van der Waals surface area contributed by atoms with Gasteiger partial charge < -0.3 is 22.5 Å². The highest BCUT2D eigenvalue weighted by Crippen LogP contribution is 2.03. The van der Waals surface area contributed by atoms with E-state index < -0.39 is 12.2 Å². The number of urea groups is 1. The first-order chi connectivity index (χ1) is 4.81. The normalized spacial score (nSPS) is 14.2. The Balaban J connectivity index is 3.69. The van der Waals surface area contributed by atoms with E-state index >= 15 is 0 Å². The molecule has 66 valence electrons. The van der Waals surface area contributed by atoms with Gasteiger partial charge in [-0.1, -0.05) is 0 Å². The van der Waals surface area contributed by atoms with Crippen molar-refractivity contribution in [2.45, 2.75) is 32.0 Å². The van der Waals surface area contributed by atoms with Crippen LogP contribution < -0.4 is 22.5 Å². The fraction of sp³-hybridized carbons (Fsp3) is 0.833. The van der Waals surface area contributed by atoms with Gasteiger partial charge in [0.2, 0.25) is 0 Å². The number of hydrogen-bond acceptors (Lipinski definition) is 3. The van der Waals surface area contributed by atoms with Crippen LogP contribution in [0.5, 0.6) is 0 Å². The fourth-order valence-corrected chi connectivity index (χ4v) is 0.801. The van der Waals surface area contributed by atoms with Crippen LogP contribution in [0.1, 0.15) is 20.3 Å². The topological polar surface area (TPSA) is 107 Å². The number of hydrogen-bond donors (Lipinski definition) is 4. The minimum atomic E-state index is -0.623. The van der Waals surface area contributed by atoms with Gasteiger partial charge in [0.15, 0.2) is 0 Å². The third-order valence-corrected chi connectivity index (χ3v) is 1.07. The van der Waals surface area contributed by atoms with E-state index in [1.807, 2.05) is 13.8 Å². The van der Waals surface area contributed by atoms with Crippen LogP contribution in [-0.2, 0) is 0 Å². The summed E-state index contributed by atoms with van der Waals surface area (Å²) in [4.78, 5) is 10.3. The molecule has 0 aliphatic heterocycles. The van der Waals surface area contributed by atoms with Crippen molar-refractivity contribution in [3.8, 4) is 0 Å². The third-order valence-electron chi connectivity index (χ3n) is 1.07. The highest BCUT2D eigenvalue weighted by atomic mass is 16.2. The van der Waals surface area contributed by atoms with Gasteiger partial charge in [-0.3, -0.25) is 0 Å². The zero-order valence-corrected chi connectivity index (χ0v) is 6.92. The summed E-state index contributed by atoms with van der Waals surface area (Å²) >= 11 is 0. The zero-order valence-electron chi connectivity index (χ0n) is 6.92. The number of amides is 2. The van der Waals surface area contributed by atoms with E-state index in [1.165, 1.54) is 0 Å². The van der Waals surface area contributed by atoms with E-state index in [-0.39, 0.29) is 5.54 Å². The number of rotatable bonds is 3. The number of carbonyl (C=O) groups excluding carboxylic acids is 1. The Bertz CT molecular complexity index is 140. The molecule has 0 bridgehead atoms. The summed E-state index contributed by atoms with van der Waals surface area (Å²) in [6.07, 6.45) is 0.0307. The summed E-state index contributed by atoms with van der Waals surface area (Å²) in [5.41, 5.74) is 15.6. The lowest BCUT2D eigenvalue weighted by Gasteiger charge is -2.22. The van der Waals surface area contributed by atoms with Crippen molar-refractivity contribution in [3.63, 3.8) is 0 Å². The van der Waals surface area contributed by atoms with Gasteiger partial charge in [-0.05, 0) is 20.3 Å². The number of nitrogens with two attached hydrogens (primary N) is 3. The maximum atomic E-state index is 10.3. The van der Waals surface area contributed by atoms with Crippen LogP contribution in [0.25, 0.3) is 0 Å². The van der Waals surface area contributed by atoms with Crippen molar-refractivity contribution in [1.82, 2.24) is 5.32 Å². The number of primary amides is 1. The van der Waals surface area contributed by atoms with E-state index in [9.17, 15) is 4.79 Å². The van der Waals surface area contributed by atoms with Crippen molar-refractivity contribution < 1.29 is 4.79 Å². The molecule has 5 nitrogen and oxygen atoms in total. The van der Waals surface area contributed by atoms with E-state index in [2.05, 4.69) is 5.32 Å². The van der Waals surface area contributed by atoms with Crippen LogP contribution in [0.15, 0.2) is 0 Å². The van der Waals surface area contributed by atoms with Crippen molar-refractivity contribution >= 4 is 6.03 Å². The van der Waals surface area contributed by atoms with Gasteiger partial charge in [-0.2, -0.15) is 0 Å². The first kappa shape index (κ1) is 10.2. The predicted molar refractivity (Wildman–Crippen MR) is 43.6 cm³/mol. The molecule has 11 heavy (non-hydrogen) atoms. The molecule has 0 heterocycles. The Morgan fingerprint density at radius 3 is 2.36 bits per heavy atom. The summed E-state index contributed by atoms with van der Waals surface area (Å²) < 4.78 is 0. The third kappa shape index (κ3) is 7.08. The summed E-state index contributed by atoms with van der Waals surface area (Å²) in [5, 5.41) is 2.34. The summed E-state index contributed by atoms with van der Waals surface area (Å²) in [7, 11) is 0. The Morgan fingerprint density at radius 1 is 1.64 bits per heavy atom. The van der Waals surface area contributed by atoms with Crippen molar-refractivity contribution in [3.05, 3.63) is 0 Å². The molecule has 0 radical (unpaired) electrons.